The van der Waals surface area contributed by atoms with E-state index in [1.165, 1.54) is 12.1 Å². The molecule has 6 nitrogen and oxygen atoms in total. The second-order valence-corrected chi connectivity index (χ2v) is 3.91. The third kappa shape index (κ3) is 1.63. The zero-order chi connectivity index (χ0) is 13.4. The molecular weight excluding hydrogens is 240 g/mol. The summed E-state index contributed by atoms with van der Waals surface area (Å²) < 4.78 is 0. The monoisotopic (exact) mass is 250 g/mol. The highest BCUT2D eigenvalue weighted by Crippen LogP contribution is 2.40. The standard InChI is InChI=1S/C12H10O6/c13-9-6-4-2-1-3-5(6)7(11(15)16)8(10(9)14)12(17)18/h1-4,7,9,13-14H,(H,15,16)(H,17,18). The van der Waals surface area contributed by atoms with Gasteiger partial charge in [-0.15, -0.1) is 0 Å². The number of carboxylic acids is 2. The van der Waals surface area contributed by atoms with E-state index in [0.29, 0.717) is 0 Å². The van der Waals surface area contributed by atoms with Gasteiger partial charge in [-0.2, -0.15) is 0 Å². The van der Waals surface area contributed by atoms with Crippen LogP contribution in [0.4, 0.5) is 0 Å². The zero-order valence-electron chi connectivity index (χ0n) is 9.07. The van der Waals surface area contributed by atoms with Crippen molar-refractivity contribution in [2.75, 3.05) is 0 Å². The smallest absolute Gasteiger partial charge is 0.336 e. The maximum absolute atomic E-state index is 11.2. The summed E-state index contributed by atoms with van der Waals surface area (Å²) in [7, 11) is 0. The second-order valence-electron chi connectivity index (χ2n) is 3.91. The lowest BCUT2D eigenvalue weighted by atomic mass is 9.79. The number of rotatable bonds is 2. The Bertz CT molecular complexity index is 559. The molecule has 6 heteroatoms. The fourth-order valence-corrected chi connectivity index (χ4v) is 2.11. The van der Waals surface area contributed by atoms with Gasteiger partial charge >= 0.3 is 11.9 Å². The molecule has 1 aromatic rings. The van der Waals surface area contributed by atoms with Gasteiger partial charge in [0.2, 0.25) is 0 Å². The first-order valence-electron chi connectivity index (χ1n) is 5.11. The van der Waals surface area contributed by atoms with Crippen LogP contribution in [0.2, 0.25) is 0 Å². The summed E-state index contributed by atoms with van der Waals surface area (Å²) in [5.41, 5.74) is -0.325. The van der Waals surface area contributed by atoms with E-state index < -0.39 is 35.3 Å². The van der Waals surface area contributed by atoms with Crippen LogP contribution in [0.25, 0.3) is 0 Å². The molecular formula is C12H10O6. The van der Waals surface area contributed by atoms with E-state index in [4.69, 9.17) is 10.2 Å². The maximum Gasteiger partial charge on any atom is 0.336 e. The number of hydrogen-bond donors (Lipinski definition) is 4. The van der Waals surface area contributed by atoms with Crippen LogP contribution in [0, 0.1) is 0 Å². The van der Waals surface area contributed by atoms with Crippen molar-refractivity contribution in [1.82, 2.24) is 0 Å². The van der Waals surface area contributed by atoms with Gasteiger partial charge in [-0.3, -0.25) is 4.79 Å². The van der Waals surface area contributed by atoms with Crippen molar-refractivity contribution in [3.05, 3.63) is 46.7 Å². The number of aliphatic carboxylic acids is 2. The highest BCUT2D eigenvalue weighted by Gasteiger charge is 2.40. The molecule has 0 aromatic heterocycles. The van der Waals surface area contributed by atoms with Crippen molar-refractivity contribution < 1.29 is 30.0 Å². The molecule has 0 amide bonds. The van der Waals surface area contributed by atoms with Crippen molar-refractivity contribution in [2.24, 2.45) is 0 Å². The van der Waals surface area contributed by atoms with Gasteiger partial charge in [0.05, 0.1) is 5.57 Å². The molecule has 4 N–H and O–H groups in total. The molecule has 0 radical (unpaired) electrons. The molecule has 0 aliphatic heterocycles. The van der Waals surface area contributed by atoms with E-state index >= 15 is 0 Å². The number of fused-ring (bicyclic) bond motifs is 1. The quantitative estimate of drug-likeness (QED) is 0.617. The molecule has 0 saturated heterocycles. The highest BCUT2D eigenvalue weighted by molar-refractivity contribution is 5.98. The van der Waals surface area contributed by atoms with Crippen LogP contribution in [0.3, 0.4) is 0 Å². The van der Waals surface area contributed by atoms with Gasteiger partial charge in [0.1, 0.15) is 17.8 Å². The summed E-state index contributed by atoms with van der Waals surface area (Å²) in [5, 5.41) is 37.5. The molecule has 0 fully saturated rings. The van der Waals surface area contributed by atoms with Crippen LogP contribution in [-0.4, -0.2) is 32.4 Å². The van der Waals surface area contributed by atoms with Crippen molar-refractivity contribution in [1.29, 1.82) is 0 Å². The largest absolute Gasteiger partial charge is 0.509 e. The Morgan fingerprint density at radius 2 is 1.61 bits per heavy atom. The Morgan fingerprint density at radius 3 is 2.11 bits per heavy atom. The third-order valence-corrected chi connectivity index (χ3v) is 2.90. The third-order valence-electron chi connectivity index (χ3n) is 2.90. The van der Waals surface area contributed by atoms with Gasteiger partial charge in [-0.25, -0.2) is 4.79 Å². The number of carbonyl (C=O) groups is 2. The Kier molecular flexibility index (Phi) is 2.80. The molecule has 1 aliphatic carbocycles. The fraction of sp³-hybridized carbons (Fsp3) is 0.167. The zero-order valence-corrected chi connectivity index (χ0v) is 9.07. The first-order valence-corrected chi connectivity index (χ1v) is 5.11. The highest BCUT2D eigenvalue weighted by atomic mass is 16.4. The predicted molar refractivity (Wildman–Crippen MR) is 59.1 cm³/mol. The van der Waals surface area contributed by atoms with Crippen LogP contribution < -0.4 is 0 Å². The van der Waals surface area contributed by atoms with Gasteiger partial charge in [-0.05, 0) is 11.1 Å². The van der Waals surface area contributed by atoms with Crippen molar-refractivity contribution in [2.45, 2.75) is 12.0 Å². The van der Waals surface area contributed by atoms with Crippen LogP contribution in [0.15, 0.2) is 35.6 Å². The fourth-order valence-electron chi connectivity index (χ4n) is 2.11. The lowest BCUT2D eigenvalue weighted by Crippen LogP contribution is -2.28. The lowest BCUT2D eigenvalue weighted by molar-refractivity contribution is -0.141. The van der Waals surface area contributed by atoms with E-state index in [9.17, 15) is 19.8 Å². The van der Waals surface area contributed by atoms with E-state index in [2.05, 4.69) is 0 Å². The molecule has 1 aliphatic rings. The van der Waals surface area contributed by atoms with Crippen molar-refractivity contribution in [3.63, 3.8) is 0 Å². The average molecular weight is 250 g/mol. The number of benzene rings is 1. The molecule has 1 aromatic carbocycles. The molecule has 0 saturated carbocycles. The van der Waals surface area contributed by atoms with E-state index in [1.54, 1.807) is 12.1 Å². The Morgan fingerprint density at radius 1 is 1.06 bits per heavy atom. The molecule has 0 bridgehead atoms. The Labute approximate surface area is 101 Å². The summed E-state index contributed by atoms with van der Waals surface area (Å²) in [5.74, 6) is -5.26. The second kappa shape index (κ2) is 4.15. The van der Waals surface area contributed by atoms with Crippen LogP contribution >= 0.6 is 0 Å². The van der Waals surface area contributed by atoms with Crippen LogP contribution in [-0.2, 0) is 9.59 Å². The predicted octanol–water partition coefficient (Wildman–Crippen LogP) is 0.799. The van der Waals surface area contributed by atoms with Crippen LogP contribution in [0.5, 0.6) is 0 Å². The summed E-state index contributed by atoms with van der Waals surface area (Å²) in [6.45, 7) is 0. The maximum atomic E-state index is 11.2. The van der Waals surface area contributed by atoms with Crippen molar-refractivity contribution in [3.8, 4) is 0 Å². The number of carboxylic acid groups (broad SMARTS) is 2. The first kappa shape index (κ1) is 12.1. The lowest BCUT2D eigenvalue weighted by Gasteiger charge is -2.27. The van der Waals surface area contributed by atoms with Crippen molar-refractivity contribution >= 4 is 11.9 Å². The Balaban J connectivity index is 2.72. The minimum atomic E-state index is -1.56. The minimum absolute atomic E-state index is 0.174. The summed E-state index contributed by atoms with van der Waals surface area (Å²) in [4.78, 5) is 22.2. The average Bonchev–Trinajstić information content (AvgIpc) is 2.32. The normalized spacial score (nSPS) is 22.5. The first-order chi connectivity index (χ1) is 8.45. The SMILES string of the molecule is O=C(O)C1=C(O)C(O)c2ccccc2C1C(=O)O. The number of aliphatic hydroxyl groups excluding tert-OH is 2. The minimum Gasteiger partial charge on any atom is -0.509 e. The Hall–Kier alpha value is -2.34. The molecule has 2 rings (SSSR count). The summed E-state index contributed by atoms with van der Waals surface area (Å²) in [6.07, 6.45) is -1.51. The molecule has 18 heavy (non-hydrogen) atoms. The molecule has 0 spiro atoms. The summed E-state index contributed by atoms with van der Waals surface area (Å²) >= 11 is 0. The molecule has 0 heterocycles. The van der Waals surface area contributed by atoms with Crippen LogP contribution in [0.1, 0.15) is 23.1 Å². The van der Waals surface area contributed by atoms with E-state index in [1.807, 2.05) is 0 Å². The van der Waals surface area contributed by atoms with E-state index in [-0.39, 0.29) is 11.1 Å². The molecule has 2 unspecified atom stereocenters. The van der Waals surface area contributed by atoms with Gasteiger partial charge in [0.15, 0.2) is 0 Å². The number of hydrogen-bond acceptors (Lipinski definition) is 4. The van der Waals surface area contributed by atoms with E-state index in [0.717, 1.165) is 0 Å². The van der Waals surface area contributed by atoms with Gasteiger partial charge in [-0.1, -0.05) is 24.3 Å². The summed E-state index contributed by atoms with van der Waals surface area (Å²) in [6, 6.07) is 5.99. The van der Waals surface area contributed by atoms with Gasteiger partial charge in [0, 0.05) is 0 Å². The number of aliphatic hydroxyl groups is 2. The molecule has 2 atom stereocenters. The topological polar surface area (TPSA) is 115 Å². The molecule has 94 valence electrons. The van der Waals surface area contributed by atoms with Gasteiger partial charge in [0.25, 0.3) is 0 Å². The van der Waals surface area contributed by atoms with Gasteiger partial charge < -0.3 is 20.4 Å².